The standard InChI is InChI=1S/C75H146O17P2/c1-6-10-13-16-19-21-22-23-24-30-33-36-40-44-49-54-59-73(78)86-65-71(92-75(80)61-56-51-46-41-37-34-31-28-26-25-27-29-32-35-39-43-47-52-57-68(5)9-4)67-90-94(83,84)88-63-69(76)62-87-93(81,82)89-66-70(64-85-72(77)58-53-48-42-18-15-12-8-3)91-74(79)60-55-50-45-38-20-17-14-11-7-2/h68-71,76H,6-67H2,1-5H3,(H,81,82)(H,83,84)/t68?,69-,70+,71+/m0/s1. The Balaban J connectivity index is 5.13. The Labute approximate surface area is 575 Å². The number of ether oxygens (including phenoxy) is 4. The minimum absolute atomic E-state index is 0.106. The summed E-state index contributed by atoms with van der Waals surface area (Å²) in [5, 5.41) is 10.6. The van der Waals surface area contributed by atoms with E-state index in [2.05, 4.69) is 34.6 Å². The van der Waals surface area contributed by atoms with E-state index in [0.29, 0.717) is 25.7 Å². The smallest absolute Gasteiger partial charge is 0.462 e. The highest BCUT2D eigenvalue weighted by Crippen LogP contribution is 2.45. The summed E-state index contributed by atoms with van der Waals surface area (Å²) >= 11 is 0. The molecule has 3 N–H and O–H groups in total. The topological polar surface area (TPSA) is 237 Å². The lowest BCUT2D eigenvalue weighted by atomic mass is 9.99. The summed E-state index contributed by atoms with van der Waals surface area (Å²) in [6.07, 6.45) is 57.1. The van der Waals surface area contributed by atoms with Gasteiger partial charge >= 0.3 is 39.5 Å². The number of carbonyl (C=O) groups is 4. The van der Waals surface area contributed by atoms with Crippen molar-refractivity contribution in [3.63, 3.8) is 0 Å². The van der Waals surface area contributed by atoms with Crippen molar-refractivity contribution in [1.29, 1.82) is 0 Å². The van der Waals surface area contributed by atoms with Crippen LogP contribution < -0.4 is 0 Å². The molecule has 0 aliphatic rings. The third-order valence-electron chi connectivity index (χ3n) is 17.9. The van der Waals surface area contributed by atoms with E-state index in [1.165, 1.54) is 205 Å². The minimum atomic E-state index is -4.95. The van der Waals surface area contributed by atoms with Crippen LogP contribution in [0.5, 0.6) is 0 Å². The zero-order valence-electron chi connectivity index (χ0n) is 61.1. The first kappa shape index (κ1) is 92.1. The van der Waals surface area contributed by atoms with Crippen LogP contribution in [0.15, 0.2) is 0 Å². The molecule has 0 radical (unpaired) electrons. The van der Waals surface area contributed by atoms with E-state index in [0.717, 1.165) is 109 Å². The van der Waals surface area contributed by atoms with Gasteiger partial charge in [0.1, 0.15) is 19.3 Å². The van der Waals surface area contributed by atoms with Gasteiger partial charge in [0.2, 0.25) is 0 Å². The van der Waals surface area contributed by atoms with Gasteiger partial charge in [-0.15, -0.1) is 0 Å². The number of aliphatic hydroxyl groups excluding tert-OH is 1. The second-order valence-corrected chi connectivity index (χ2v) is 30.2. The second-order valence-electron chi connectivity index (χ2n) is 27.3. The van der Waals surface area contributed by atoms with Crippen LogP contribution >= 0.6 is 15.6 Å². The number of hydrogen-bond acceptors (Lipinski definition) is 15. The molecule has 0 saturated carbocycles. The number of phosphoric acid groups is 2. The van der Waals surface area contributed by atoms with Crippen LogP contribution in [0.25, 0.3) is 0 Å². The molecular weight excluding hydrogens is 1230 g/mol. The summed E-state index contributed by atoms with van der Waals surface area (Å²) in [5.74, 6) is -1.25. The van der Waals surface area contributed by atoms with Crippen LogP contribution in [0.1, 0.15) is 394 Å². The van der Waals surface area contributed by atoms with Gasteiger partial charge in [-0.25, -0.2) is 9.13 Å². The molecule has 0 amide bonds. The molecule has 19 heteroatoms. The van der Waals surface area contributed by atoms with Crippen molar-refractivity contribution >= 4 is 39.5 Å². The molecule has 6 atom stereocenters. The van der Waals surface area contributed by atoms with Crippen LogP contribution in [0.3, 0.4) is 0 Å². The van der Waals surface area contributed by atoms with Crippen molar-refractivity contribution < 1.29 is 80.2 Å². The Hall–Kier alpha value is -1.94. The van der Waals surface area contributed by atoms with Crippen molar-refractivity contribution in [2.24, 2.45) is 5.92 Å². The van der Waals surface area contributed by atoms with Crippen molar-refractivity contribution in [2.75, 3.05) is 39.6 Å². The summed E-state index contributed by atoms with van der Waals surface area (Å²) in [4.78, 5) is 72.5. The molecule has 94 heavy (non-hydrogen) atoms. The van der Waals surface area contributed by atoms with Gasteiger partial charge in [0, 0.05) is 25.7 Å². The molecule has 3 unspecified atom stereocenters. The fraction of sp³-hybridized carbons (Fsp3) is 0.947. The van der Waals surface area contributed by atoms with E-state index >= 15 is 0 Å². The van der Waals surface area contributed by atoms with Crippen LogP contribution in [0, 0.1) is 5.92 Å². The Morgan fingerprint density at radius 1 is 0.298 bits per heavy atom. The molecule has 0 aliphatic carbocycles. The van der Waals surface area contributed by atoms with E-state index in [4.69, 9.17) is 37.0 Å². The Morgan fingerprint density at radius 2 is 0.511 bits per heavy atom. The SMILES string of the molecule is CCCCCCCCCCCCCCCCCCC(=O)OC[C@H](COP(=O)(O)OC[C@@H](O)COP(=O)(O)OC[C@@H](COC(=O)CCCCCCCCC)OC(=O)CCCCCCCCCCC)OC(=O)CCCCCCCCCCCCCCCCCCCCC(C)CC. The molecule has 0 saturated heterocycles. The minimum Gasteiger partial charge on any atom is -0.462 e. The number of esters is 4. The summed E-state index contributed by atoms with van der Waals surface area (Å²) in [6, 6.07) is 0. The van der Waals surface area contributed by atoms with Gasteiger partial charge in [-0.05, 0) is 31.6 Å². The van der Waals surface area contributed by atoms with E-state index in [-0.39, 0.29) is 25.7 Å². The van der Waals surface area contributed by atoms with Gasteiger partial charge in [-0.1, -0.05) is 343 Å². The highest BCUT2D eigenvalue weighted by atomic mass is 31.2. The molecule has 0 aromatic carbocycles. The largest absolute Gasteiger partial charge is 0.472 e. The molecule has 0 spiro atoms. The molecule has 0 aromatic heterocycles. The van der Waals surface area contributed by atoms with Crippen LogP contribution in [0.4, 0.5) is 0 Å². The van der Waals surface area contributed by atoms with Crippen molar-refractivity contribution in [2.45, 2.75) is 412 Å². The highest BCUT2D eigenvalue weighted by Gasteiger charge is 2.30. The van der Waals surface area contributed by atoms with E-state index in [1.807, 2.05) is 0 Å². The summed E-state index contributed by atoms with van der Waals surface area (Å²) in [7, 11) is -9.90. The molecule has 558 valence electrons. The van der Waals surface area contributed by atoms with Gasteiger partial charge in [-0.2, -0.15) is 0 Å². The highest BCUT2D eigenvalue weighted by molar-refractivity contribution is 7.47. The fourth-order valence-corrected chi connectivity index (χ4v) is 13.1. The van der Waals surface area contributed by atoms with Crippen LogP contribution in [-0.2, 0) is 65.4 Å². The maximum absolute atomic E-state index is 13.1. The summed E-state index contributed by atoms with van der Waals surface area (Å²) in [6.45, 7) is 7.29. The first-order chi connectivity index (χ1) is 45.6. The number of phosphoric ester groups is 2. The molecule has 0 fully saturated rings. The molecule has 0 rings (SSSR count). The van der Waals surface area contributed by atoms with Crippen molar-refractivity contribution in [3.8, 4) is 0 Å². The van der Waals surface area contributed by atoms with Gasteiger partial charge in [0.25, 0.3) is 0 Å². The lowest BCUT2D eigenvalue weighted by molar-refractivity contribution is -0.161. The first-order valence-electron chi connectivity index (χ1n) is 39.2. The molecule has 0 aliphatic heterocycles. The predicted octanol–water partition coefficient (Wildman–Crippen LogP) is 22.1. The van der Waals surface area contributed by atoms with Gasteiger partial charge in [-0.3, -0.25) is 37.3 Å². The lowest BCUT2D eigenvalue weighted by Crippen LogP contribution is -2.30. The van der Waals surface area contributed by atoms with Gasteiger partial charge < -0.3 is 33.8 Å². The average molecular weight is 1380 g/mol. The van der Waals surface area contributed by atoms with Crippen molar-refractivity contribution in [3.05, 3.63) is 0 Å². The van der Waals surface area contributed by atoms with E-state index in [9.17, 15) is 43.2 Å². The molecule has 0 bridgehead atoms. The Bertz CT molecular complexity index is 1810. The summed E-state index contributed by atoms with van der Waals surface area (Å²) in [5.41, 5.74) is 0. The number of aliphatic hydroxyl groups is 1. The fourth-order valence-electron chi connectivity index (χ4n) is 11.5. The maximum atomic E-state index is 13.1. The van der Waals surface area contributed by atoms with Gasteiger partial charge in [0.05, 0.1) is 26.4 Å². The lowest BCUT2D eigenvalue weighted by Gasteiger charge is -2.21. The van der Waals surface area contributed by atoms with Crippen LogP contribution in [-0.4, -0.2) is 96.7 Å². The Morgan fingerprint density at radius 3 is 0.755 bits per heavy atom. The predicted molar refractivity (Wildman–Crippen MR) is 382 cm³/mol. The zero-order valence-corrected chi connectivity index (χ0v) is 62.9. The molecule has 17 nitrogen and oxygen atoms in total. The number of hydrogen-bond donors (Lipinski definition) is 3. The number of carbonyl (C=O) groups excluding carboxylic acids is 4. The average Bonchev–Trinajstić information content (AvgIpc) is 1.32. The number of unbranched alkanes of at least 4 members (excludes halogenated alkanes) is 46. The molecule has 0 heterocycles. The monoisotopic (exact) mass is 1380 g/mol. The Kier molecular flexibility index (Phi) is 66.8. The third-order valence-corrected chi connectivity index (χ3v) is 19.8. The third kappa shape index (κ3) is 67.3. The normalized spacial score (nSPS) is 14.3. The first-order valence-corrected chi connectivity index (χ1v) is 42.2. The van der Waals surface area contributed by atoms with Gasteiger partial charge in [0.15, 0.2) is 12.2 Å². The zero-order chi connectivity index (χ0) is 69.1. The quantitative estimate of drug-likeness (QED) is 0.0222. The van der Waals surface area contributed by atoms with E-state index in [1.54, 1.807) is 0 Å². The van der Waals surface area contributed by atoms with E-state index < -0.39 is 97.5 Å². The molecule has 0 aromatic rings. The number of rotatable bonds is 75. The van der Waals surface area contributed by atoms with Crippen LogP contribution in [0.2, 0.25) is 0 Å². The second kappa shape index (κ2) is 68.2. The van der Waals surface area contributed by atoms with Crippen molar-refractivity contribution in [1.82, 2.24) is 0 Å². The molecular formula is C75H146O17P2. The summed E-state index contributed by atoms with van der Waals surface area (Å²) < 4.78 is 68.3. The maximum Gasteiger partial charge on any atom is 0.472 e.